The van der Waals surface area contributed by atoms with Crippen LogP contribution in [0, 0.1) is 0 Å². The van der Waals surface area contributed by atoms with E-state index in [1.807, 2.05) is 17.5 Å². The molecule has 1 aliphatic heterocycles. The first-order valence-corrected chi connectivity index (χ1v) is 7.87. The van der Waals surface area contributed by atoms with Gasteiger partial charge in [-0.25, -0.2) is 0 Å². The Morgan fingerprint density at radius 3 is 2.76 bits per heavy atom. The van der Waals surface area contributed by atoms with Gasteiger partial charge in [0.1, 0.15) is 6.04 Å². The summed E-state index contributed by atoms with van der Waals surface area (Å²) in [6.45, 7) is 1.44. The molecule has 0 spiro atoms. The van der Waals surface area contributed by atoms with E-state index in [-0.39, 0.29) is 25.0 Å². The fourth-order valence-electron chi connectivity index (χ4n) is 2.34. The molecule has 0 aromatic carbocycles. The highest BCUT2D eigenvalue weighted by atomic mass is 32.1. The van der Waals surface area contributed by atoms with Crippen LogP contribution in [-0.4, -0.2) is 47.7 Å². The molecule has 0 radical (unpaired) electrons. The lowest BCUT2D eigenvalue weighted by Crippen LogP contribution is -2.44. The molecule has 0 aliphatic carbocycles. The summed E-state index contributed by atoms with van der Waals surface area (Å²) in [5, 5.41) is 10.5. The van der Waals surface area contributed by atoms with Gasteiger partial charge in [0.05, 0.1) is 19.1 Å². The smallest absolute Gasteiger partial charge is 0.305 e. The van der Waals surface area contributed by atoms with Crippen molar-refractivity contribution in [2.75, 3.05) is 19.7 Å². The third kappa shape index (κ3) is 4.52. The van der Waals surface area contributed by atoms with Crippen LogP contribution in [0.4, 0.5) is 0 Å². The number of hydrogen-bond acceptors (Lipinski definition) is 5. The van der Waals surface area contributed by atoms with Crippen LogP contribution in [0.25, 0.3) is 0 Å². The van der Waals surface area contributed by atoms with Crippen LogP contribution in [-0.2, 0) is 14.3 Å². The van der Waals surface area contributed by atoms with Crippen LogP contribution in [0.3, 0.4) is 0 Å². The van der Waals surface area contributed by atoms with E-state index in [4.69, 9.17) is 15.6 Å². The highest BCUT2D eigenvalue weighted by Gasteiger charge is 2.27. The van der Waals surface area contributed by atoms with Crippen molar-refractivity contribution < 1.29 is 19.4 Å². The monoisotopic (exact) mass is 312 g/mol. The molecule has 3 N–H and O–H groups in total. The first-order chi connectivity index (χ1) is 10.1. The van der Waals surface area contributed by atoms with E-state index in [1.54, 1.807) is 4.90 Å². The van der Waals surface area contributed by atoms with Gasteiger partial charge in [-0.15, -0.1) is 11.3 Å². The topological polar surface area (TPSA) is 92.9 Å². The number of amides is 1. The summed E-state index contributed by atoms with van der Waals surface area (Å²) in [4.78, 5) is 25.4. The first kappa shape index (κ1) is 15.9. The number of carboxylic acids is 1. The van der Waals surface area contributed by atoms with Crippen molar-refractivity contribution >= 4 is 23.2 Å². The van der Waals surface area contributed by atoms with E-state index in [1.165, 1.54) is 11.3 Å². The third-order valence-electron chi connectivity index (χ3n) is 3.54. The summed E-state index contributed by atoms with van der Waals surface area (Å²) in [7, 11) is 0. The number of nitrogens with two attached hydrogens (primary N) is 1. The summed E-state index contributed by atoms with van der Waals surface area (Å²) in [6.07, 6.45) is 1.50. The van der Waals surface area contributed by atoms with Crippen LogP contribution in [0.2, 0.25) is 0 Å². The number of carboxylic acid groups (broad SMARTS) is 1. The zero-order valence-corrected chi connectivity index (χ0v) is 12.6. The molecular formula is C14H20N2O4S. The number of nitrogens with zero attached hydrogens (tertiary/aromatic N) is 1. The Bertz CT molecular complexity index is 469. The van der Waals surface area contributed by atoms with Crippen LogP contribution < -0.4 is 5.73 Å². The standard InChI is InChI=1S/C14H20N2O4S/c15-13(11-2-1-9-21-11)14(19)16-6-3-10(4-7-16)20-8-5-12(17)18/h1-2,9-10,13H,3-8,15H2,(H,17,18). The van der Waals surface area contributed by atoms with E-state index in [0.717, 1.165) is 17.7 Å². The number of ether oxygens (including phenoxy) is 1. The Labute approximate surface area is 127 Å². The summed E-state index contributed by atoms with van der Waals surface area (Å²) in [6, 6.07) is 3.17. The van der Waals surface area contributed by atoms with Gasteiger partial charge >= 0.3 is 5.97 Å². The molecule has 116 valence electrons. The number of rotatable bonds is 6. The van der Waals surface area contributed by atoms with Gasteiger partial charge in [-0.2, -0.15) is 0 Å². The maximum atomic E-state index is 12.3. The number of aliphatic carboxylic acids is 1. The van der Waals surface area contributed by atoms with Crippen LogP contribution >= 0.6 is 11.3 Å². The SMILES string of the molecule is NC(C(=O)N1CCC(OCCC(=O)O)CC1)c1cccs1. The maximum absolute atomic E-state index is 12.3. The Morgan fingerprint density at radius 1 is 1.48 bits per heavy atom. The maximum Gasteiger partial charge on any atom is 0.305 e. The van der Waals surface area contributed by atoms with Gasteiger partial charge in [0.15, 0.2) is 0 Å². The second kappa shape index (κ2) is 7.53. The van der Waals surface area contributed by atoms with Crippen LogP contribution in [0.15, 0.2) is 17.5 Å². The molecule has 6 nitrogen and oxygen atoms in total. The average Bonchev–Trinajstić information content (AvgIpc) is 3.00. The van der Waals surface area contributed by atoms with Gasteiger partial charge < -0.3 is 20.5 Å². The van der Waals surface area contributed by atoms with Gasteiger partial charge in [0.2, 0.25) is 5.91 Å². The van der Waals surface area contributed by atoms with Crippen molar-refractivity contribution in [3.63, 3.8) is 0 Å². The molecule has 7 heteroatoms. The predicted octanol–water partition coefficient (Wildman–Crippen LogP) is 1.23. The minimum absolute atomic E-state index is 0.0163. The first-order valence-electron chi connectivity index (χ1n) is 6.99. The van der Waals surface area contributed by atoms with Crippen molar-refractivity contribution in [2.45, 2.75) is 31.4 Å². The van der Waals surface area contributed by atoms with Crippen molar-refractivity contribution in [1.82, 2.24) is 4.90 Å². The Morgan fingerprint density at radius 2 is 2.19 bits per heavy atom. The molecule has 0 saturated carbocycles. The quantitative estimate of drug-likeness (QED) is 0.824. The zero-order chi connectivity index (χ0) is 15.2. The van der Waals surface area contributed by atoms with E-state index in [0.29, 0.717) is 13.1 Å². The molecule has 2 rings (SSSR count). The number of piperidine rings is 1. The largest absolute Gasteiger partial charge is 0.481 e. The Balaban J connectivity index is 1.75. The summed E-state index contributed by atoms with van der Waals surface area (Å²) in [5.41, 5.74) is 5.98. The molecule has 0 bridgehead atoms. The lowest BCUT2D eigenvalue weighted by molar-refractivity contribution is -0.139. The van der Waals surface area contributed by atoms with Crippen LogP contribution in [0.1, 0.15) is 30.2 Å². The van der Waals surface area contributed by atoms with Crippen molar-refractivity contribution in [1.29, 1.82) is 0 Å². The number of thiophene rings is 1. The van der Waals surface area contributed by atoms with Gasteiger partial charge in [-0.3, -0.25) is 9.59 Å². The molecule has 1 aliphatic rings. The molecule has 1 atom stereocenters. The number of carbonyl (C=O) groups is 2. The molecule has 1 saturated heterocycles. The fourth-order valence-corrected chi connectivity index (χ4v) is 3.06. The highest BCUT2D eigenvalue weighted by Crippen LogP contribution is 2.21. The van der Waals surface area contributed by atoms with Gasteiger partial charge in [0.25, 0.3) is 0 Å². The predicted molar refractivity (Wildman–Crippen MR) is 79.1 cm³/mol. The molecule has 21 heavy (non-hydrogen) atoms. The highest BCUT2D eigenvalue weighted by molar-refractivity contribution is 7.10. The summed E-state index contributed by atoms with van der Waals surface area (Å²) >= 11 is 1.48. The zero-order valence-electron chi connectivity index (χ0n) is 11.7. The second-order valence-corrected chi connectivity index (χ2v) is 6.01. The van der Waals surface area contributed by atoms with Crippen molar-refractivity contribution in [3.05, 3.63) is 22.4 Å². The molecular weight excluding hydrogens is 292 g/mol. The molecule has 2 heterocycles. The van der Waals surface area contributed by atoms with E-state index in [2.05, 4.69) is 0 Å². The number of carbonyl (C=O) groups excluding carboxylic acids is 1. The molecule has 1 aromatic rings. The summed E-state index contributed by atoms with van der Waals surface area (Å²) in [5.74, 6) is -0.911. The lowest BCUT2D eigenvalue weighted by atomic mass is 10.1. The molecule has 1 unspecified atom stereocenters. The molecule has 1 amide bonds. The van der Waals surface area contributed by atoms with Gasteiger partial charge in [-0.1, -0.05) is 6.07 Å². The second-order valence-electron chi connectivity index (χ2n) is 5.03. The van der Waals surface area contributed by atoms with Gasteiger partial charge in [0, 0.05) is 18.0 Å². The third-order valence-corrected chi connectivity index (χ3v) is 4.49. The van der Waals surface area contributed by atoms with E-state index < -0.39 is 12.0 Å². The van der Waals surface area contributed by atoms with Crippen molar-refractivity contribution in [2.24, 2.45) is 5.73 Å². The van der Waals surface area contributed by atoms with E-state index >= 15 is 0 Å². The Kier molecular flexibility index (Phi) is 5.72. The minimum atomic E-state index is -0.857. The van der Waals surface area contributed by atoms with Crippen LogP contribution in [0.5, 0.6) is 0 Å². The molecule has 1 aromatic heterocycles. The number of likely N-dealkylation sites (tertiary alicyclic amines) is 1. The minimum Gasteiger partial charge on any atom is -0.481 e. The average molecular weight is 312 g/mol. The molecule has 1 fully saturated rings. The van der Waals surface area contributed by atoms with Gasteiger partial charge in [-0.05, 0) is 24.3 Å². The normalized spacial score (nSPS) is 17.7. The van der Waals surface area contributed by atoms with Crippen molar-refractivity contribution in [3.8, 4) is 0 Å². The Hall–Kier alpha value is -1.44. The van der Waals surface area contributed by atoms with E-state index in [9.17, 15) is 9.59 Å². The lowest BCUT2D eigenvalue weighted by Gasteiger charge is -2.33. The fraction of sp³-hybridized carbons (Fsp3) is 0.571. The number of hydrogen-bond donors (Lipinski definition) is 2. The summed E-state index contributed by atoms with van der Waals surface area (Å²) < 4.78 is 5.51.